The van der Waals surface area contributed by atoms with E-state index in [2.05, 4.69) is 0 Å². The van der Waals surface area contributed by atoms with Crippen molar-refractivity contribution < 1.29 is 34.3 Å². The number of hydrogen-bond donors (Lipinski definition) is 3. The first-order valence-corrected chi connectivity index (χ1v) is 9.27. The molecule has 2 heterocycles. The Morgan fingerprint density at radius 1 is 1.11 bits per heavy atom. The van der Waals surface area contributed by atoms with Gasteiger partial charge in [0, 0.05) is 18.4 Å². The second kappa shape index (κ2) is 7.97. The molecule has 0 aromatic heterocycles. The van der Waals surface area contributed by atoms with Gasteiger partial charge in [0.25, 0.3) is 0 Å². The van der Waals surface area contributed by atoms with E-state index in [4.69, 9.17) is 18.9 Å². The first-order valence-electron chi connectivity index (χ1n) is 9.27. The average Bonchev–Trinajstić information content (AvgIpc) is 3.19. The summed E-state index contributed by atoms with van der Waals surface area (Å²) in [7, 11) is 1.63. The quantitative estimate of drug-likeness (QED) is 0.715. The van der Waals surface area contributed by atoms with Crippen molar-refractivity contribution in [2.75, 3.05) is 20.5 Å². The number of ether oxygens (including phenoxy) is 4. The van der Waals surface area contributed by atoms with Crippen LogP contribution in [0.5, 0.6) is 17.2 Å². The van der Waals surface area contributed by atoms with E-state index < -0.39 is 24.4 Å². The van der Waals surface area contributed by atoms with Crippen molar-refractivity contribution in [3.63, 3.8) is 0 Å². The summed E-state index contributed by atoms with van der Waals surface area (Å²) in [6.45, 7) is -0.210. The van der Waals surface area contributed by atoms with Crippen LogP contribution in [0, 0.1) is 0 Å². The van der Waals surface area contributed by atoms with Crippen LogP contribution in [0.3, 0.4) is 0 Å². The Morgan fingerprint density at radius 3 is 2.61 bits per heavy atom. The zero-order valence-electron chi connectivity index (χ0n) is 15.6. The van der Waals surface area contributed by atoms with Gasteiger partial charge >= 0.3 is 0 Å². The Hall–Kier alpha value is -2.32. The van der Waals surface area contributed by atoms with Crippen LogP contribution in [0.2, 0.25) is 0 Å². The summed E-state index contributed by atoms with van der Waals surface area (Å²) in [6, 6.07) is 11.6. The highest BCUT2D eigenvalue weighted by molar-refractivity contribution is 5.53. The van der Waals surface area contributed by atoms with E-state index in [1.165, 1.54) is 0 Å². The van der Waals surface area contributed by atoms with Crippen LogP contribution in [0.25, 0.3) is 0 Å². The van der Waals surface area contributed by atoms with Crippen LogP contribution in [0.4, 0.5) is 0 Å². The summed E-state index contributed by atoms with van der Waals surface area (Å²) in [5.74, 6) is 2.13. The van der Waals surface area contributed by atoms with Gasteiger partial charge in [0.15, 0.2) is 11.5 Å². The third-order valence-electron chi connectivity index (χ3n) is 5.25. The predicted octanol–water partition coefficient (Wildman–Crippen LogP) is 1.56. The first kappa shape index (κ1) is 19.0. The minimum absolute atomic E-state index is 0.153. The number of aliphatic hydroxyl groups excluding tert-OH is 3. The highest BCUT2D eigenvalue weighted by Gasteiger charge is 2.37. The van der Waals surface area contributed by atoms with Crippen LogP contribution in [0.1, 0.15) is 29.2 Å². The molecule has 4 atom stereocenters. The minimum atomic E-state index is -1.10. The monoisotopic (exact) mass is 388 g/mol. The van der Waals surface area contributed by atoms with E-state index in [0.29, 0.717) is 17.9 Å². The lowest BCUT2D eigenvalue weighted by molar-refractivity contribution is -0.181. The molecule has 7 nitrogen and oxygen atoms in total. The molecule has 28 heavy (non-hydrogen) atoms. The van der Waals surface area contributed by atoms with Crippen molar-refractivity contribution >= 4 is 0 Å². The van der Waals surface area contributed by atoms with Crippen LogP contribution in [-0.2, 0) is 11.2 Å². The second-order valence-corrected chi connectivity index (χ2v) is 7.08. The van der Waals surface area contributed by atoms with E-state index in [1.54, 1.807) is 7.11 Å². The summed E-state index contributed by atoms with van der Waals surface area (Å²) in [6.07, 6.45) is -2.49. The van der Waals surface area contributed by atoms with Crippen molar-refractivity contribution in [1.82, 2.24) is 0 Å². The van der Waals surface area contributed by atoms with Gasteiger partial charge in [-0.25, -0.2) is 0 Å². The molecule has 1 fully saturated rings. The maximum absolute atomic E-state index is 10.1. The van der Waals surface area contributed by atoms with Gasteiger partial charge in [-0.05, 0) is 35.4 Å². The lowest BCUT2D eigenvalue weighted by Gasteiger charge is -2.36. The molecule has 0 unspecified atom stereocenters. The van der Waals surface area contributed by atoms with Gasteiger partial charge in [-0.2, -0.15) is 0 Å². The summed E-state index contributed by atoms with van der Waals surface area (Å²) in [5, 5.41) is 29.5. The van der Waals surface area contributed by atoms with Crippen LogP contribution < -0.4 is 14.2 Å². The molecule has 7 heteroatoms. The summed E-state index contributed by atoms with van der Waals surface area (Å²) < 4.78 is 22.3. The molecule has 2 aromatic carbocycles. The van der Waals surface area contributed by atoms with E-state index >= 15 is 0 Å². The molecule has 4 rings (SSSR count). The lowest BCUT2D eigenvalue weighted by Crippen LogP contribution is -2.47. The van der Waals surface area contributed by atoms with Crippen LogP contribution in [0.15, 0.2) is 36.4 Å². The minimum Gasteiger partial charge on any atom is -0.497 e. The fraction of sp³-hybridized carbons (Fsp3) is 0.429. The van der Waals surface area contributed by atoms with E-state index in [-0.39, 0.29) is 19.8 Å². The highest BCUT2D eigenvalue weighted by Crippen LogP contribution is 2.42. The molecule has 0 saturated carbocycles. The smallest absolute Gasteiger partial charge is 0.231 e. The van der Waals surface area contributed by atoms with Gasteiger partial charge in [0.1, 0.15) is 18.0 Å². The summed E-state index contributed by atoms with van der Waals surface area (Å²) in [5.41, 5.74) is 2.85. The Labute approximate surface area is 163 Å². The molecule has 0 amide bonds. The molecule has 2 aliphatic heterocycles. The van der Waals surface area contributed by atoms with Crippen molar-refractivity contribution in [2.24, 2.45) is 0 Å². The topological polar surface area (TPSA) is 97.6 Å². The third-order valence-corrected chi connectivity index (χ3v) is 5.25. The fourth-order valence-corrected chi connectivity index (χ4v) is 3.71. The molecule has 0 spiro atoms. The number of rotatable bonds is 5. The molecule has 0 bridgehead atoms. The number of aliphatic hydroxyl groups is 3. The number of fused-ring (bicyclic) bond motifs is 1. The molecule has 150 valence electrons. The molecule has 2 aromatic rings. The molecule has 1 saturated heterocycles. The van der Waals surface area contributed by atoms with E-state index in [9.17, 15) is 15.3 Å². The molecule has 0 aliphatic carbocycles. The van der Waals surface area contributed by atoms with Gasteiger partial charge in [0.05, 0.1) is 25.9 Å². The molecular formula is C21H24O7. The first-order chi connectivity index (χ1) is 13.6. The van der Waals surface area contributed by atoms with E-state index in [1.807, 2.05) is 36.4 Å². The Kier molecular flexibility index (Phi) is 5.41. The number of benzene rings is 2. The zero-order chi connectivity index (χ0) is 19.7. The standard InChI is InChI=1S/C21H24O7/c1-25-15-4-2-12(3-5-15)6-14-7-13(8-18-21(14)27-11-26-18)17-9-16(23)20(24)19(10-22)28-17/h2-5,7-8,16-17,19-20,22-24H,6,9-11H2,1H3/t16-,17-,19-,20-/m1/s1. The number of methoxy groups -OCH3 is 1. The maximum atomic E-state index is 10.1. The van der Waals surface area contributed by atoms with Crippen molar-refractivity contribution in [2.45, 2.75) is 37.3 Å². The molecule has 2 aliphatic rings. The van der Waals surface area contributed by atoms with Crippen molar-refractivity contribution in [3.05, 3.63) is 53.1 Å². The molecular weight excluding hydrogens is 364 g/mol. The number of hydrogen-bond acceptors (Lipinski definition) is 7. The fourth-order valence-electron chi connectivity index (χ4n) is 3.71. The molecule has 0 radical (unpaired) electrons. The predicted molar refractivity (Wildman–Crippen MR) is 99.7 cm³/mol. The van der Waals surface area contributed by atoms with Crippen molar-refractivity contribution in [1.29, 1.82) is 0 Å². The Balaban J connectivity index is 1.63. The highest BCUT2D eigenvalue weighted by atomic mass is 16.7. The molecule has 3 N–H and O–H groups in total. The van der Waals surface area contributed by atoms with E-state index in [0.717, 1.165) is 22.4 Å². The van der Waals surface area contributed by atoms with Crippen molar-refractivity contribution in [3.8, 4) is 17.2 Å². The third kappa shape index (κ3) is 3.66. The van der Waals surface area contributed by atoms with Gasteiger partial charge in [-0.3, -0.25) is 0 Å². The second-order valence-electron chi connectivity index (χ2n) is 7.08. The zero-order valence-corrected chi connectivity index (χ0v) is 15.6. The normalized spacial score (nSPS) is 26.3. The Morgan fingerprint density at radius 2 is 1.89 bits per heavy atom. The maximum Gasteiger partial charge on any atom is 0.231 e. The summed E-state index contributed by atoms with van der Waals surface area (Å²) >= 11 is 0. The van der Waals surface area contributed by atoms with Gasteiger partial charge in [0.2, 0.25) is 6.79 Å². The largest absolute Gasteiger partial charge is 0.497 e. The van der Waals surface area contributed by atoms with Crippen LogP contribution >= 0.6 is 0 Å². The van der Waals surface area contributed by atoms with Gasteiger partial charge < -0.3 is 34.3 Å². The van der Waals surface area contributed by atoms with Gasteiger partial charge in [-0.1, -0.05) is 12.1 Å². The Bertz CT molecular complexity index is 820. The summed E-state index contributed by atoms with van der Waals surface area (Å²) in [4.78, 5) is 0. The lowest BCUT2D eigenvalue weighted by atomic mass is 9.92. The van der Waals surface area contributed by atoms with Gasteiger partial charge in [-0.15, -0.1) is 0 Å². The SMILES string of the molecule is COc1ccc(Cc2cc([C@H]3C[C@@H](O)[C@@H](O)[C@@H](CO)O3)cc3c2OCO3)cc1. The van der Waals surface area contributed by atoms with Crippen LogP contribution in [-0.4, -0.2) is 54.1 Å². The average molecular weight is 388 g/mol.